The molecule has 0 aromatic carbocycles. The highest BCUT2D eigenvalue weighted by Gasteiger charge is 2.20. The third kappa shape index (κ3) is 2.44. The number of likely N-dealkylation sites (tertiary alicyclic amines) is 1. The summed E-state index contributed by atoms with van der Waals surface area (Å²) in [6.07, 6.45) is 4.91. The number of piperidine rings is 1. The minimum Gasteiger partial charge on any atom is -0.390 e. The Morgan fingerprint density at radius 1 is 1.44 bits per heavy atom. The average Bonchev–Trinajstić information content (AvgIpc) is 2.62. The van der Waals surface area contributed by atoms with E-state index in [4.69, 9.17) is 5.11 Å². The van der Waals surface area contributed by atoms with Crippen LogP contribution in [0, 0.1) is 0 Å². The third-order valence-electron chi connectivity index (χ3n) is 3.56. The maximum absolute atomic E-state index is 9.12. The first-order valence-corrected chi connectivity index (χ1v) is 6.03. The Morgan fingerprint density at radius 3 is 2.88 bits per heavy atom. The number of aromatic nitrogens is 2. The summed E-state index contributed by atoms with van der Waals surface area (Å²) in [5.74, 6) is 0. The molecule has 0 radical (unpaired) electrons. The highest BCUT2D eigenvalue weighted by Crippen LogP contribution is 2.18. The van der Waals surface area contributed by atoms with Gasteiger partial charge in [-0.25, -0.2) is 0 Å². The Labute approximate surface area is 96.9 Å². The van der Waals surface area contributed by atoms with Gasteiger partial charge in [0.2, 0.25) is 0 Å². The summed E-state index contributed by atoms with van der Waals surface area (Å²) in [6.45, 7) is 1.27. The molecule has 1 N–H and O–H groups in total. The quantitative estimate of drug-likeness (QED) is 0.829. The van der Waals surface area contributed by atoms with Gasteiger partial charge in [-0.15, -0.1) is 0 Å². The van der Waals surface area contributed by atoms with Gasteiger partial charge in [0.05, 0.1) is 18.0 Å². The summed E-state index contributed by atoms with van der Waals surface area (Å²) in [6, 6.07) is 2.64. The van der Waals surface area contributed by atoms with Crippen LogP contribution in [0.5, 0.6) is 0 Å². The molecule has 1 fully saturated rings. The maximum Gasteiger partial charge on any atom is 0.0849 e. The van der Waals surface area contributed by atoms with Crippen molar-refractivity contribution in [1.82, 2.24) is 14.7 Å². The van der Waals surface area contributed by atoms with Crippen LogP contribution in [0.25, 0.3) is 0 Å². The Morgan fingerprint density at radius 2 is 2.25 bits per heavy atom. The van der Waals surface area contributed by atoms with Gasteiger partial charge in [0.1, 0.15) is 0 Å². The number of aliphatic hydroxyl groups excluding tert-OH is 1. The SMILES string of the molecule is CN1CCCCC1Cc1cc(CO)n(C)n1. The number of rotatable bonds is 3. The first-order valence-electron chi connectivity index (χ1n) is 6.03. The van der Waals surface area contributed by atoms with Crippen molar-refractivity contribution in [3.8, 4) is 0 Å². The van der Waals surface area contributed by atoms with Crippen LogP contribution in [-0.2, 0) is 20.1 Å². The van der Waals surface area contributed by atoms with Crippen molar-refractivity contribution in [1.29, 1.82) is 0 Å². The molecule has 90 valence electrons. The molecule has 16 heavy (non-hydrogen) atoms. The number of likely N-dealkylation sites (N-methyl/N-ethyl adjacent to an activating group) is 1. The lowest BCUT2D eigenvalue weighted by Crippen LogP contribution is -2.37. The summed E-state index contributed by atoms with van der Waals surface area (Å²) >= 11 is 0. The number of hydrogen-bond donors (Lipinski definition) is 1. The highest BCUT2D eigenvalue weighted by molar-refractivity contribution is 5.10. The molecule has 0 amide bonds. The molecule has 1 aliphatic rings. The first kappa shape index (κ1) is 11.6. The molecule has 1 aromatic heterocycles. The summed E-state index contributed by atoms with van der Waals surface area (Å²) in [7, 11) is 4.08. The van der Waals surface area contributed by atoms with Gasteiger partial charge < -0.3 is 10.0 Å². The van der Waals surface area contributed by atoms with E-state index in [2.05, 4.69) is 17.0 Å². The van der Waals surface area contributed by atoms with E-state index in [9.17, 15) is 0 Å². The van der Waals surface area contributed by atoms with E-state index < -0.39 is 0 Å². The predicted octanol–water partition coefficient (Wildman–Crippen LogP) is 0.939. The number of hydrogen-bond acceptors (Lipinski definition) is 3. The monoisotopic (exact) mass is 223 g/mol. The van der Waals surface area contributed by atoms with Gasteiger partial charge in [-0.3, -0.25) is 4.68 Å². The molecule has 0 bridgehead atoms. The molecular formula is C12H21N3O. The molecule has 1 saturated heterocycles. The fourth-order valence-corrected chi connectivity index (χ4v) is 2.46. The summed E-state index contributed by atoms with van der Waals surface area (Å²) < 4.78 is 1.78. The summed E-state index contributed by atoms with van der Waals surface area (Å²) in [5, 5.41) is 13.6. The lowest BCUT2D eigenvalue weighted by atomic mass is 9.99. The van der Waals surface area contributed by atoms with Gasteiger partial charge in [-0.2, -0.15) is 5.10 Å². The van der Waals surface area contributed by atoms with Crippen molar-refractivity contribution in [2.75, 3.05) is 13.6 Å². The number of aliphatic hydroxyl groups is 1. The predicted molar refractivity (Wildman–Crippen MR) is 63.1 cm³/mol. The van der Waals surface area contributed by atoms with Crippen molar-refractivity contribution in [3.05, 3.63) is 17.5 Å². The van der Waals surface area contributed by atoms with Crippen molar-refractivity contribution in [3.63, 3.8) is 0 Å². The summed E-state index contributed by atoms with van der Waals surface area (Å²) in [5.41, 5.74) is 2.00. The molecule has 1 unspecified atom stereocenters. The van der Waals surface area contributed by atoms with Gasteiger partial charge in [0.25, 0.3) is 0 Å². The van der Waals surface area contributed by atoms with Crippen molar-refractivity contribution >= 4 is 0 Å². The Hall–Kier alpha value is -0.870. The largest absolute Gasteiger partial charge is 0.390 e. The Kier molecular flexibility index (Phi) is 3.61. The molecule has 1 atom stereocenters. The fraction of sp³-hybridized carbons (Fsp3) is 0.750. The lowest BCUT2D eigenvalue weighted by Gasteiger charge is -2.31. The average molecular weight is 223 g/mol. The first-order chi connectivity index (χ1) is 7.70. The van der Waals surface area contributed by atoms with E-state index in [1.54, 1.807) is 4.68 Å². The summed E-state index contributed by atoms with van der Waals surface area (Å²) in [4.78, 5) is 2.43. The molecule has 1 aliphatic heterocycles. The van der Waals surface area contributed by atoms with E-state index in [0.29, 0.717) is 6.04 Å². The smallest absolute Gasteiger partial charge is 0.0849 e. The topological polar surface area (TPSA) is 41.3 Å². The molecule has 2 heterocycles. The molecule has 0 aliphatic carbocycles. The molecule has 0 saturated carbocycles. The van der Waals surface area contributed by atoms with Gasteiger partial charge in [-0.1, -0.05) is 6.42 Å². The molecule has 4 nitrogen and oxygen atoms in total. The third-order valence-corrected chi connectivity index (χ3v) is 3.56. The highest BCUT2D eigenvalue weighted by atomic mass is 16.3. The molecular weight excluding hydrogens is 202 g/mol. The van der Waals surface area contributed by atoms with Crippen LogP contribution in [0.4, 0.5) is 0 Å². The van der Waals surface area contributed by atoms with Crippen LogP contribution >= 0.6 is 0 Å². The molecule has 4 heteroatoms. The number of aryl methyl sites for hydroxylation is 1. The van der Waals surface area contributed by atoms with E-state index in [0.717, 1.165) is 17.8 Å². The Balaban J connectivity index is 2.02. The molecule has 1 aromatic rings. The normalized spacial score (nSPS) is 22.6. The number of nitrogens with zero attached hydrogens (tertiary/aromatic N) is 3. The van der Waals surface area contributed by atoms with Crippen LogP contribution in [0.1, 0.15) is 30.7 Å². The Bertz CT molecular complexity index is 348. The van der Waals surface area contributed by atoms with E-state index in [1.807, 2.05) is 13.1 Å². The second kappa shape index (κ2) is 4.97. The molecule has 0 spiro atoms. The van der Waals surface area contributed by atoms with Crippen molar-refractivity contribution in [2.45, 2.75) is 38.3 Å². The fourth-order valence-electron chi connectivity index (χ4n) is 2.46. The molecule has 2 rings (SSSR count). The van der Waals surface area contributed by atoms with E-state index >= 15 is 0 Å². The van der Waals surface area contributed by atoms with Gasteiger partial charge in [0, 0.05) is 19.5 Å². The van der Waals surface area contributed by atoms with Crippen LogP contribution in [-0.4, -0.2) is 39.4 Å². The zero-order chi connectivity index (χ0) is 11.5. The van der Waals surface area contributed by atoms with Gasteiger partial charge in [0.15, 0.2) is 0 Å². The zero-order valence-electron chi connectivity index (χ0n) is 10.2. The second-order valence-electron chi connectivity index (χ2n) is 4.74. The minimum atomic E-state index is 0.0734. The van der Waals surface area contributed by atoms with Crippen LogP contribution in [0.2, 0.25) is 0 Å². The lowest BCUT2D eigenvalue weighted by molar-refractivity contribution is 0.183. The maximum atomic E-state index is 9.12. The van der Waals surface area contributed by atoms with Gasteiger partial charge >= 0.3 is 0 Å². The van der Waals surface area contributed by atoms with E-state index in [-0.39, 0.29) is 6.61 Å². The van der Waals surface area contributed by atoms with Gasteiger partial charge in [-0.05, 0) is 32.5 Å². The zero-order valence-corrected chi connectivity index (χ0v) is 10.2. The van der Waals surface area contributed by atoms with Crippen molar-refractivity contribution in [2.24, 2.45) is 7.05 Å². The van der Waals surface area contributed by atoms with Crippen molar-refractivity contribution < 1.29 is 5.11 Å². The van der Waals surface area contributed by atoms with Crippen LogP contribution in [0.15, 0.2) is 6.07 Å². The second-order valence-corrected chi connectivity index (χ2v) is 4.74. The van der Waals surface area contributed by atoms with Crippen LogP contribution in [0.3, 0.4) is 0 Å². The van der Waals surface area contributed by atoms with E-state index in [1.165, 1.54) is 25.8 Å². The van der Waals surface area contributed by atoms with Crippen LogP contribution < -0.4 is 0 Å². The standard InChI is InChI=1S/C12H21N3O/c1-14-6-4-3-5-11(14)7-10-8-12(9-16)15(2)13-10/h8,11,16H,3-7,9H2,1-2H3. The minimum absolute atomic E-state index is 0.0734.